The number of esters is 1. The van der Waals surface area contributed by atoms with Crippen LogP contribution in [0, 0.1) is 5.82 Å². The Morgan fingerprint density at radius 2 is 2.12 bits per heavy atom. The molecule has 0 aliphatic carbocycles. The zero-order chi connectivity index (χ0) is 18.5. The van der Waals surface area contributed by atoms with E-state index in [1.54, 1.807) is 24.5 Å². The number of ether oxygens (including phenoxy) is 1. The molecule has 0 bridgehead atoms. The van der Waals surface area contributed by atoms with E-state index in [9.17, 15) is 9.18 Å². The zero-order valence-electron chi connectivity index (χ0n) is 15.0. The number of pyridine rings is 1. The van der Waals surface area contributed by atoms with Crippen molar-refractivity contribution in [2.24, 2.45) is 0 Å². The molecule has 5 nitrogen and oxygen atoms in total. The third-order valence-electron chi connectivity index (χ3n) is 4.43. The van der Waals surface area contributed by atoms with Gasteiger partial charge in [0.25, 0.3) is 0 Å². The van der Waals surface area contributed by atoms with Crippen LogP contribution in [0.4, 0.5) is 4.39 Å². The van der Waals surface area contributed by atoms with E-state index in [1.165, 1.54) is 19.2 Å². The standard InChI is InChI=1S/C20H22FN3O2/c1-3-4-5-10-24-19-7-6-15(21)12-17(19)18(23-24)11-14-13-22-9-8-16(14)20(25)26-2/h6-9,12-13H,3-5,10-11H2,1-2H3. The molecule has 0 unspecified atom stereocenters. The quantitative estimate of drug-likeness (QED) is 0.472. The fourth-order valence-electron chi connectivity index (χ4n) is 3.09. The second-order valence-electron chi connectivity index (χ2n) is 6.24. The van der Waals surface area contributed by atoms with Gasteiger partial charge in [-0.3, -0.25) is 9.67 Å². The van der Waals surface area contributed by atoms with Crippen molar-refractivity contribution in [2.75, 3.05) is 7.11 Å². The van der Waals surface area contributed by atoms with Crippen LogP contribution in [-0.4, -0.2) is 27.8 Å². The predicted octanol–water partition coefficient (Wildman–Crippen LogP) is 4.14. The molecule has 0 N–H and O–H groups in total. The molecule has 0 saturated carbocycles. The molecule has 2 heterocycles. The number of fused-ring (bicyclic) bond motifs is 1. The summed E-state index contributed by atoms with van der Waals surface area (Å²) in [6, 6.07) is 6.34. The number of hydrogen-bond donors (Lipinski definition) is 0. The van der Waals surface area contributed by atoms with Crippen molar-refractivity contribution in [1.82, 2.24) is 14.8 Å². The molecule has 0 amide bonds. The Morgan fingerprint density at radius 1 is 1.27 bits per heavy atom. The molecule has 0 fully saturated rings. The molecule has 26 heavy (non-hydrogen) atoms. The predicted molar refractivity (Wildman–Crippen MR) is 97.6 cm³/mol. The summed E-state index contributed by atoms with van der Waals surface area (Å²) in [5.41, 5.74) is 2.80. The van der Waals surface area contributed by atoms with E-state index in [2.05, 4.69) is 11.9 Å². The maximum atomic E-state index is 13.8. The maximum Gasteiger partial charge on any atom is 0.338 e. The lowest BCUT2D eigenvalue weighted by atomic mass is 10.0. The third kappa shape index (κ3) is 3.74. The number of unbranched alkanes of at least 4 members (excludes halogenated alkanes) is 2. The van der Waals surface area contributed by atoms with Gasteiger partial charge in [0, 0.05) is 30.7 Å². The second-order valence-corrected chi connectivity index (χ2v) is 6.24. The number of aryl methyl sites for hydroxylation is 1. The monoisotopic (exact) mass is 355 g/mol. The van der Waals surface area contributed by atoms with Gasteiger partial charge in [-0.15, -0.1) is 0 Å². The average Bonchev–Trinajstić information content (AvgIpc) is 2.98. The first-order valence-corrected chi connectivity index (χ1v) is 8.80. The summed E-state index contributed by atoms with van der Waals surface area (Å²) in [5.74, 6) is -0.716. The number of halogens is 1. The molecule has 3 aromatic rings. The van der Waals surface area contributed by atoms with Crippen LogP contribution >= 0.6 is 0 Å². The fraction of sp³-hybridized carbons (Fsp3) is 0.350. The van der Waals surface area contributed by atoms with Crippen molar-refractivity contribution in [1.29, 1.82) is 0 Å². The van der Waals surface area contributed by atoms with E-state index < -0.39 is 5.97 Å². The van der Waals surface area contributed by atoms with Gasteiger partial charge in [0.05, 0.1) is 23.9 Å². The van der Waals surface area contributed by atoms with Gasteiger partial charge in [-0.2, -0.15) is 5.10 Å². The molecular formula is C20H22FN3O2. The smallest absolute Gasteiger partial charge is 0.338 e. The van der Waals surface area contributed by atoms with Crippen LogP contribution in [0.25, 0.3) is 10.9 Å². The number of carbonyl (C=O) groups is 1. The number of methoxy groups -OCH3 is 1. The minimum atomic E-state index is -0.416. The molecule has 1 aromatic carbocycles. The van der Waals surface area contributed by atoms with Gasteiger partial charge in [0.15, 0.2) is 0 Å². The van der Waals surface area contributed by atoms with E-state index in [1.807, 2.05) is 4.68 Å². The Bertz CT molecular complexity index is 921. The van der Waals surface area contributed by atoms with Gasteiger partial charge in [-0.1, -0.05) is 19.8 Å². The molecule has 2 aromatic heterocycles. The summed E-state index contributed by atoms with van der Waals surface area (Å²) >= 11 is 0. The molecule has 6 heteroatoms. The van der Waals surface area contributed by atoms with Gasteiger partial charge in [0.1, 0.15) is 5.82 Å². The minimum absolute atomic E-state index is 0.300. The Labute approximate surface area is 151 Å². The number of carbonyl (C=O) groups excluding carboxylic acids is 1. The molecule has 0 saturated heterocycles. The molecule has 0 atom stereocenters. The lowest BCUT2D eigenvalue weighted by Gasteiger charge is -2.06. The minimum Gasteiger partial charge on any atom is -0.465 e. The highest BCUT2D eigenvalue weighted by Crippen LogP contribution is 2.24. The summed E-state index contributed by atoms with van der Waals surface area (Å²) in [6.07, 6.45) is 6.83. The van der Waals surface area contributed by atoms with Crippen LogP contribution in [0.15, 0.2) is 36.7 Å². The van der Waals surface area contributed by atoms with Gasteiger partial charge >= 0.3 is 5.97 Å². The van der Waals surface area contributed by atoms with E-state index in [4.69, 9.17) is 9.84 Å². The highest BCUT2D eigenvalue weighted by Gasteiger charge is 2.17. The lowest BCUT2D eigenvalue weighted by molar-refractivity contribution is 0.0599. The number of nitrogens with zero attached hydrogens (tertiary/aromatic N) is 3. The first-order chi connectivity index (χ1) is 12.6. The summed E-state index contributed by atoms with van der Waals surface area (Å²) in [7, 11) is 1.35. The van der Waals surface area contributed by atoms with Crippen LogP contribution in [-0.2, 0) is 17.7 Å². The van der Waals surface area contributed by atoms with Gasteiger partial charge < -0.3 is 4.74 Å². The van der Waals surface area contributed by atoms with Gasteiger partial charge in [-0.05, 0) is 36.2 Å². The Hall–Kier alpha value is -2.76. The van der Waals surface area contributed by atoms with Crippen LogP contribution < -0.4 is 0 Å². The van der Waals surface area contributed by atoms with Crippen LogP contribution in [0.1, 0.15) is 47.8 Å². The highest BCUT2D eigenvalue weighted by molar-refractivity contribution is 5.91. The molecule has 0 aliphatic rings. The summed E-state index contributed by atoms with van der Waals surface area (Å²) in [5, 5.41) is 5.46. The summed E-state index contributed by atoms with van der Waals surface area (Å²) in [6.45, 7) is 2.94. The van der Waals surface area contributed by atoms with E-state index in [0.29, 0.717) is 17.5 Å². The van der Waals surface area contributed by atoms with E-state index in [0.717, 1.165) is 42.4 Å². The topological polar surface area (TPSA) is 57.0 Å². The molecule has 3 rings (SSSR count). The normalized spacial score (nSPS) is 11.0. The fourth-order valence-corrected chi connectivity index (χ4v) is 3.09. The molecule has 136 valence electrons. The molecular weight excluding hydrogens is 333 g/mol. The third-order valence-corrected chi connectivity index (χ3v) is 4.43. The SMILES string of the molecule is CCCCCn1nc(Cc2cnccc2C(=O)OC)c2cc(F)ccc21. The van der Waals surface area contributed by atoms with E-state index in [-0.39, 0.29) is 5.82 Å². The van der Waals surface area contributed by atoms with Crippen molar-refractivity contribution in [3.8, 4) is 0 Å². The molecule has 0 aliphatic heterocycles. The van der Waals surface area contributed by atoms with E-state index >= 15 is 0 Å². The average molecular weight is 355 g/mol. The number of aromatic nitrogens is 3. The van der Waals surface area contributed by atoms with Crippen LogP contribution in [0.3, 0.4) is 0 Å². The van der Waals surface area contributed by atoms with Crippen LogP contribution in [0.2, 0.25) is 0 Å². The van der Waals surface area contributed by atoms with Crippen molar-refractivity contribution < 1.29 is 13.9 Å². The van der Waals surface area contributed by atoms with Crippen molar-refractivity contribution in [2.45, 2.75) is 39.2 Å². The first kappa shape index (κ1) is 18.0. The molecule has 0 spiro atoms. The number of benzene rings is 1. The van der Waals surface area contributed by atoms with Gasteiger partial charge in [0.2, 0.25) is 0 Å². The summed E-state index contributed by atoms with van der Waals surface area (Å²) in [4.78, 5) is 16.1. The first-order valence-electron chi connectivity index (χ1n) is 8.80. The highest BCUT2D eigenvalue weighted by atomic mass is 19.1. The van der Waals surface area contributed by atoms with Crippen molar-refractivity contribution in [3.63, 3.8) is 0 Å². The number of hydrogen-bond acceptors (Lipinski definition) is 4. The number of rotatable bonds is 7. The van der Waals surface area contributed by atoms with Crippen molar-refractivity contribution >= 4 is 16.9 Å². The van der Waals surface area contributed by atoms with Crippen LogP contribution in [0.5, 0.6) is 0 Å². The summed E-state index contributed by atoms with van der Waals surface area (Å²) < 4.78 is 20.6. The maximum absolute atomic E-state index is 13.8. The zero-order valence-corrected chi connectivity index (χ0v) is 15.0. The second kappa shape index (κ2) is 8.08. The Morgan fingerprint density at radius 3 is 2.88 bits per heavy atom. The van der Waals surface area contributed by atoms with Gasteiger partial charge in [-0.25, -0.2) is 9.18 Å². The van der Waals surface area contributed by atoms with Crippen molar-refractivity contribution in [3.05, 3.63) is 59.3 Å². The molecule has 0 radical (unpaired) electrons. The Balaban J connectivity index is 2.00. The Kier molecular flexibility index (Phi) is 5.61. The lowest BCUT2D eigenvalue weighted by Crippen LogP contribution is -2.07. The largest absolute Gasteiger partial charge is 0.465 e.